The molecule has 12 nitrogen and oxygen atoms in total. The Balaban J connectivity index is 1.46. The molecule has 12 heteroatoms. The zero-order valence-electron chi connectivity index (χ0n) is 27.7. The average Bonchev–Trinajstić information content (AvgIpc) is 3.35. The van der Waals surface area contributed by atoms with Crippen LogP contribution < -0.4 is 0 Å². The maximum Gasteiger partial charge on any atom is 0.429 e. The van der Waals surface area contributed by atoms with Crippen LogP contribution in [0.25, 0.3) is 0 Å². The molecule has 2 aliphatic heterocycles. The molecular formula is C37H39N3O9. The summed E-state index contributed by atoms with van der Waals surface area (Å²) in [5, 5.41) is 1.96. The highest BCUT2D eigenvalue weighted by Gasteiger charge is 2.49. The van der Waals surface area contributed by atoms with E-state index in [4.69, 9.17) is 14.2 Å². The fraction of sp³-hybridized carbons (Fsp3) is 0.351. The van der Waals surface area contributed by atoms with Crippen molar-refractivity contribution in [3.05, 3.63) is 107 Å². The summed E-state index contributed by atoms with van der Waals surface area (Å²) in [6, 6.07) is 21.2. The van der Waals surface area contributed by atoms with Gasteiger partial charge in [-0.25, -0.2) is 19.6 Å². The second-order valence-electron chi connectivity index (χ2n) is 12.8. The van der Waals surface area contributed by atoms with Gasteiger partial charge in [0.2, 0.25) is 0 Å². The summed E-state index contributed by atoms with van der Waals surface area (Å²) in [4.78, 5) is 83.1. The predicted molar refractivity (Wildman–Crippen MR) is 175 cm³/mol. The van der Waals surface area contributed by atoms with Crippen molar-refractivity contribution in [2.24, 2.45) is 0 Å². The van der Waals surface area contributed by atoms with Gasteiger partial charge in [-0.2, -0.15) is 0 Å². The summed E-state index contributed by atoms with van der Waals surface area (Å²) < 4.78 is 16.6. The number of hydrogen-bond donors (Lipinski definition) is 0. The Bertz CT molecular complexity index is 1670. The largest absolute Gasteiger partial charge is 0.461 e. The van der Waals surface area contributed by atoms with Gasteiger partial charge >= 0.3 is 18.0 Å². The van der Waals surface area contributed by atoms with Crippen molar-refractivity contribution < 1.29 is 43.0 Å². The first-order valence-electron chi connectivity index (χ1n) is 16.1. The fourth-order valence-corrected chi connectivity index (χ4v) is 5.74. The normalized spacial score (nSPS) is 16.6. The monoisotopic (exact) mass is 669 g/mol. The molecule has 1 unspecified atom stereocenters. The first kappa shape index (κ1) is 34.8. The Kier molecular flexibility index (Phi) is 10.8. The lowest BCUT2D eigenvalue weighted by atomic mass is 10.0. The fourth-order valence-electron chi connectivity index (χ4n) is 5.74. The van der Waals surface area contributed by atoms with Crippen LogP contribution in [0.2, 0.25) is 0 Å². The van der Waals surface area contributed by atoms with Crippen LogP contribution >= 0.6 is 0 Å². The van der Waals surface area contributed by atoms with E-state index in [9.17, 15) is 28.8 Å². The molecule has 5 rings (SSSR count). The molecule has 0 radical (unpaired) electrons. The van der Waals surface area contributed by atoms with Crippen molar-refractivity contribution in [2.45, 2.75) is 77.4 Å². The van der Waals surface area contributed by atoms with Crippen LogP contribution in [0.3, 0.4) is 0 Å². The Morgan fingerprint density at radius 2 is 1.31 bits per heavy atom. The van der Waals surface area contributed by atoms with Crippen molar-refractivity contribution in [1.82, 2.24) is 14.9 Å². The molecule has 256 valence electrons. The first-order valence-corrected chi connectivity index (χ1v) is 16.1. The summed E-state index contributed by atoms with van der Waals surface area (Å²) in [7, 11) is 0. The van der Waals surface area contributed by atoms with Gasteiger partial charge in [0.15, 0.2) is 6.04 Å². The van der Waals surface area contributed by atoms with Gasteiger partial charge in [-0.1, -0.05) is 72.8 Å². The molecule has 4 amide bonds. The minimum Gasteiger partial charge on any atom is -0.461 e. The van der Waals surface area contributed by atoms with Crippen LogP contribution in [-0.4, -0.2) is 74.9 Å². The number of nitrogens with zero attached hydrogens (tertiary/aromatic N) is 3. The number of esters is 2. The summed E-state index contributed by atoms with van der Waals surface area (Å²) >= 11 is 0. The minimum atomic E-state index is -1.58. The first-order chi connectivity index (χ1) is 23.4. The van der Waals surface area contributed by atoms with Crippen LogP contribution in [0.15, 0.2) is 84.9 Å². The SMILES string of the molecule is CC(C)(C)OC(=O)C1CCCN(C(=O)OCc2ccccc2)N1C(=O)[C@H](CCC(=O)OCc1ccccc1)N1C(=O)c2ccccc2C1=O. The second kappa shape index (κ2) is 15.1. The van der Waals surface area contributed by atoms with Crippen molar-refractivity contribution in [1.29, 1.82) is 0 Å². The Labute approximate surface area is 284 Å². The van der Waals surface area contributed by atoms with Crippen LogP contribution in [0.5, 0.6) is 0 Å². The van der Waals surface area contributed by atoms with Crippen LogP contribution in [0.4, 0.5) is 4.79 Å². The standard InChI is InChI=1S/C37H39N3O9/c1-37(2,3)49-35(45)30-19-12-22-38(36(46)48-24-26-15-8-5-9-16-26)40(30)34(44)29(20-21-31(41)47-23-25-13-6-4-7-14-25)39-32(42)27-17-10-11-18-28(27)33(39)43/h4-11,13-18,29-30H,12,19-24H2,1-3H3/t29-,30?/m0/s1. The summed E-state index contributed by atoms with van der Waals surface area (Å²) in [5.74, 6) is -3.83. The molecule has 49 heavy (non-hydrogen) atoms. The van der Waals surface area contributed by atoms with E-state index in [0.717, 1.165) is 20.5 Å². The molecule has 0 N–H and O–H groups in total. The van der Waals surface area contributed by atoms with Gasteiger partial charge in [0.25, 0.3) is 17.7 Å². The molecule has 2 heterocycles. The van der Waals surface area contributed by atoms with Gasteiger partial charge in [0, 0.05) is 13.0 Å². The molecule has 0 spiro atoms. The quantitative estimate of drug-likeness (QED) is 0.165. The Hall–Kier alpha value is -5.52. The third-order valence-corrected chi connectivity index (χ3v) is 8.01. The zero-order chi connectivity index (χ0) is 35.1. The highest BCUT2D eigenvalue weighted by Crippen LogP contribution is 2.30. The summed E-state index contributed by atoms with van der Waals surface area (Å²) in [6.07, 6.45) is -1.12. The van der Waals surface area contributed by atoms with Gasteiger partial charge in [-0.3, -0.25) is 24.1 Å². The number of hydrogen-bond acceptors (Lipinski definition) is 9. The molecule has 0 saturated carbocycles. The Morgan fingerprint density at radius 3 is 1.86 bits per heavy atom. The molecule has 0 aromatic heterocycles. The van der Waals surface area contributed by atoms with Crippen molar-refractivity contribution in [3.8, 4) is 0 Å². The van der Waals surface area contributed by atoms with Gasteiger partial charge in [-0.15, -0.1) is 0 Å². The van der Waals surface area contributed by atoms with Crippen molar-refractivity contribution in [3.63, 3.8) is 0 Å². The smallest absolute Gasteiger partial charge is 0.429 e. The number of carbonyl (C=O) groups excluding carboxylic acids is 6. The second-order valence-corrected chi connectivity index (χ2v) is 12.8. The molecule has 2 aliphatic rings. The number of hydrazine groups is 1. The minimum absolute atomic E-state index is 0.00656. The highest BCUT2D eigenvalue weighted by atomic mass is 16.6. The average molecular weight is 670 g/mol. The maximum atomic E-state index is 14.8. The van der Waals surface area contributed by atoms with E-state index in [1.54, 1.807) is 81.4 Å². The van der Waals surface area contributed by atoms with E-state index < -0.39 is 53.4 Å². The van der Waals surface area contributed by atoms with Crippen LogP contribution in [0, 0.1) is 0 Å². The zero-order valence-corrected chi connectivity index (χ0v) is 27.7. The van der Waals surface area contributed by atoms with E-state index in [2.05, 4.69) is 0 Å². The lowest BCUT2D eigenvalue weighted by Crippen LogP contribution is -2.65. The molecule has 0 bridgehead atoms. The lowest BCUT2D eigenvalue weighted by molar-refractivity contribution is -0.183. The van der Waals surface area contributed by atoms with E-state index in [1.807, 2.05) is 12.1 Å². The molecule has 3 aromatic carbocycles. The molecule has 0 aliphatic carbocycles. The summed E-state index contributed by atoms with van der Waals surface area (Å²) in [6.45, 7) is 4.91. The van der Waals surface area contributed by atoms with E-state index in [1.165, 1.54) is 12.1 Å². The van der Waals surface area contributed by atoms with E-state index in [-0.39, 0.29) is 50.1 Å². The number of fused-ring (bicyclic) bond motifs is 1. The molecule has 1 saturated heterocycles. The molecule has 2 atom stereocenters. The van der Waals surface area contributed by atoms with Crippen LogP contribution in [0.1, 0.15) is 78.3 Å². The van der Waals surface area contributed by atoms with Crippen LogP contribution in [-0.2, 0) is 41.8 Å². The third-order valence-electron chi connectivity index (χ3n) is 8.01. The van der Waals surface area contributed by atoms with Gasteiger partial charge < -0.3 is 14.2 Å². The predicted octanol–water partition coefficient (Wildman–Crippen LogP) is 5.06. The number of rotatable bonds is 10. The van der Waals surface area contributed by atoms with E-state index >= 15 is 0 Å². The third kappa shape index (κ3) is 8.32. The summed E-state index contributed by atoms with van der Waals surface area (Å²) in [5.41, 5.74) is 0.720. The molecular weight excluding hydrogens is 630 g/mol. The number of ether oxygens (including phenoxy) is 3. The van der Waals surface area contributed by atoms with Crippen molar-refractivity contribution >= 4 is 35.8 Å². The number of imide groups is 1. The van der Waals surface area contributed by atoms with Gasteiger partial charge in [0.05, 0.1) is 11.1 Å². The topological polar surface area (TPSA) is 140 Å². The molecule has 1 fully saturated rings. The highest BCUT2D eigenvalue weighted by molar-refractivity contribution is 6.23. The van der Waals surface area contributed by atoms with E-state index in [0.29, 0.717) is 12.0 Å². The Morgan fingerprint density at radius 1 is 0.776 bits per heavy atom. The number of carbonyl (C=O) groups is 6. The van der Waals surface area contributed by atoms with Crippen molar-refractivity contribution in [2.75, 3.05) is 6.54 Å². The lowest BCUT2D eigenvalue weighted by Gasteiger charge is -2.44. The van der Waals surface area contributed by atoms with Gasteiger partial charge in [0.1, 0.15) is 24.9 Å². The number of amides is 4. The number of benzene rings is 3. The molecule has 3 aromatic rings. The van der Waals surface area contributed by atoms with Gasteiger partial charge in [-0.05, 0) is 63.3 Å². The maximum absolute atomic E-state index is 14.8.